The fourth-order valence-electron chi connectivity index (χ4n) is 2.12. The van der Waals surface area contributed by atoms with Crippen molar-refractivity contribution in [3.63, 3.8) is 0 Å². The van der Waals surface area contributed by atoms with Gasteiger partial charge in [0.05, 0.1) is 30.7 Å². The number of nitrogens with zero attached hydrogens (tertiary/aromatic N) is 3. The predicted molar refractivity (Wildman–Crippen MR) is 70.8 cm³/mol. The summed E-state index contributed by atoms with van der Waals surface area (Å²) in [7, 11) is 1.73. The number of imidazole rings is 1. The van der Waals surface area contributed by atoms with Crippen molar-refractivity contribution >= 4 is 17.0 Å². The molecule has 0 spiro atoms. The van der Waals surface area contributed by atoms with Gasteiger partial charge in [0, 0.05) is 6.54 Å². The number of aromatic nitrogens is 2. The van der Waals surface area contributed by atoms with Gasteiger partial charge in [0.15, 0.2) is 0 Å². The molecule has 1 heterocycles. The first-order valence-corrected chi connectivity index (χ1v) is 6.07. The summed E-state index contributed by atoms with van der Waals surface area (Å²) in [5, 5.41) is 17.9. The minimum atomic E-state index is -0.868. The zero-order valence-corrected chi connectivity index (χ0v) is 10.8. The summed E-state index contributed by atoms with van der Waals surface area (Å²) < 4.78 is 1.92. The number of fused-ring (bicyclic) bond motifs is 1. The first-order valence-electron chi connectivity index (χ1n) is 6.07. The quantitative estimate of drug-likeness (QED) is 0.795. The van der Waals surface area contributed by atoms with Gasteiger partial charge < -0.3 is 14.8 Å². The van der Waals surface area contributed by atoms with Gasteiger partial charge >= 0.3 is 5.97 Å². The van der Waals surface area contributed by atoms with Crippen LogP contribution in [-0.2, 0) is 17.9 Å². The van der Waals surface area contributed by atoms with Crippen LogP contribution < -0.4 is 0 Å². The minimum Gasteiger partial charge on any atom is -0.480 e. The number of carbonyl (C=O) groups is 1. The van der Waals surface area contributed by atoms with Crippen LogP contribution in [0.2, 0.25) is 0 Å². The Morgan fingerprint density at radius 2 is 2.16 bits per heavy atom. The number of likely N-dealkylation sites (N-methyl/N-ethyl adjacent to an activating group) is 1. The second-order valence-corrected chi connectivity index (χ2v) is 4.46. The van der Waals surface area contributed by atoms with Gasteiger partial charge in [-0.15, -0.1) is 0 Å². The van der Waals surface area contributed by atoms with Gasteiger partial charge in [-0.2, -0.15) is 0 Å². The number of hydrogen-bond donors (Lipinski definition) is 2. The third-order valence-corrected chi connectivity index (χ3v) is 2.87. The molecule has 0 amide bonds. The molecule has 0 bridgehead atoms. The molecular weight excluding hydrogens is 246 g/mol. The van der Waals surface area contributed by atoms with Crippen LogP contribution in [0.1, 0.15) is 5.82 Å². The van der Waals surface area contributed by atoms with Crippen LogP contribution in [0.15, 0.2) is 24.3 Å². The maximum atomic E-state index is 10.7. The molecular formula is C13H17N3O3. The Hall–Kier alpha value is -1.92. The molecule has 0 atom stereocenters. The van der Waals surface area contributed by atoms with E-state index in [0.29, 0.717) is 13.1 Å². The maximum Gasteiger partial charge on any atom is 0.317 e. The normalized spacial score (nSPS) is 11.3. The Bertz CT molecular complexity index is 580. The number of aliphatic carboxylic acids is 1. The Morgan fingerprint density at radius 1 is 1.42 bits per heavy atom. The summed E-state index contributed by atoms with van der Waals surface area (Å²) in [6, 6.07) is 7.68. The lowest BCUT2D eigenvalue weighted by Gasteiger charge is -2.14. The van der Waals surface area contributed by atoms with E-state index in [1.54, 1.807) is 11.9 Å². The number of carboxylic acids is 1. The monoisotopic (exact) mass is 263 g/mol. The van der Waals surface area contributed by atoms with Crippen molar-refractivity contribution in [1.82, 2.24) is 14.5 Å². The van der Waals surface area contributed by atoms with Crippen molar-refractivity contribution in [2.45, 2.75) is 13.1 Å². The Kier molecular flexibility index (Phi) is 4.13. The van der Waals surface area contributed by atoms with Crippen molar-refractivity contribution in [3.05, 3.63) is 30.1 Å². The molecule has 2 aromatic rings. The van der Waals surface area contributed by atoms with E-state index < -0.39 is 5.97 Å². The molecule has 2 rings (SSSR count). The third-order valence-electron chi connectivity index (χ3n) is 2.87. The number of benzene rings is 1. The van der Waals surface area contributed by atoms with Crippen LogP contribution in [0, 0.1) is 0 Å². The Balaban J connectivity index is 2.30. The first kappa shape index (κ1) is 13.5. The van der Waals surface area contributed by atoms with Crippen LogP contribution in [0.3, 0.4) is 0 Å². The van der Waals surface area contributed by atoms with Gasteiger partial charge in [0.25, 0.3) is 0 Å². The highest BCUT2D eigenvalue weighted by atomic mass is 16.4. The van der Waals surface area contributed by atoms with Crippen molar-refractivity contribution in [3.8, 4) is 0 Å². The molecule has 0 radical (unpaired) electrons. The van der Waals surface area contributed by atoms with Gasteiger partial charge in [-0.1, -0.05) is 12.1 Å². The molecule has 0 unspecified atom stereocenters. The Morgan fingerprint density at radius 3 is 2.84 bits per heavy atom. The number of aliphatic hydroxyl groups is 1. The topological polar surface area (TPSA) is 78.6 Å². The summed E-state index contributed by atoms with van der Waals surface area (Å²) in [6.45, 7) is 0.871. The van der Waals surface area contributed by atoms with Crippen molar-refractivity contribution in [2.24, 2.45) is 0 Å². The molecule has 0 aliphatic heterocycles. The molecule has 0 aliphatic carbocycles. The number of rotatable bonds is 6. The standard InChI is InChI=1S/C13H17N3O3/c1-15(9-13(18)19)8-12-14-10-4-2-3-5-11(10)16(12)6-7-17/h2-5,17H,6-9H2,1H3,(H,18,19). The van der Waals surface area contributed by atoms with E-state index in [2.05, 4.69) is 4.98 Å². The SMILES string of the molecule is CN(CC(=O)O)Cc1nc2ccccc2n1CCO. The molecule has 0 saturated heterocycles. The lowest BCUT2D eigenvalue weighted by atomic mass is 10.3. The Labute approximate surface area is 110 Å². The van der Waals surface area contributed by atoms with E-state index in [9.17, 15) is 4.79 Å². The average Bonchev–Trinajstić information content (AvgIpc) is 2.67. The molecule has 0 aliphatic rings. The largest absolute Gasteiger partial charge is 0.480 e. The highest BCUT2D eigenvalue weighted by molar-refractivity contribution is 5.76. The van der Waals surface area contributed by atoms with Crippen molar-refractivity contribution < 1.29 is 15.0 Å². The second-order valence-electron chi connectivity index (χ2n) is 4.46. The fraction of sp³-hybridized carbons (Fsp3) is 0.385. The highest BCUT2D eigenvalue weighted by Gasteiger charge is 2.13. The van der Waals surface area contributed by atoms with Crippen LogP contribution in [0.5, 0.6) is 0 Å². The zero-order chi connectivity index (χ0) is 13.8. The van der Waals surface area contributed by atoms with E-state index in [1.165, 1.54) is 0 Å². The molecule has 1 aromatic heterocycles. The van der Waals surface area contributed by atoms with Gasteiger partial charge in [0.2, 0.25) is 0 Å². The highest BCUT2D eigenvalue weighted by Crippen LogP contribution is 2.16. The lowest BCUT2D eigenvalue weighted by molar-refractivity contribution is -0.138. The molecule has 6 nitrogen and oxygen atoms in total. The molecule has 0 fully saturated rings. The van der Waals surface area contributed by atoms with Gasteiger partial charge in [-0.05, 0) is 19.2 Å². The van der Waals surface area contributed by atoms with Crippen LogP contribution in [0.25, 0.3) is 11.0 Å². The van der Waals surface area contributed by atoms with E-state index in [1.807, 2.05) is 28.8 Å². The van der Waals surface area contributed by atoms with Gasteiger partial charge in [0.1, 0.15) is 5.82 Å². The smallest absolute Gasteiger partial charge is 0.317 e. The summed E-state index contributed by atoms with van der Waals surface area (Å²) in [5.74, 6) is -0.105. The average molecular weight is 263 g/mol. The lowest BCUT2D eigenvalue weighted by Crippen LogP contribution is -2.26. The molecule has 0 saturated carbocycles. The summed E-state index contributed by atoms with van der Waals surface area (Å²) in [4.78, 5) is 16.8. The summed E-state index contributed by atoms with van der Waals surface area (Å²) in [5.41, 5.74) is 1.81. The molecule has 19 heavy (non-hydrogen) atoms. The number of para-hydroxylation sites is 2. The van der Waals surface area contributed by atoms with Crippen LogP contribution in [0.4, 0.5) is 0 Å². The zero-order valence-electron chi connectivity index (χ0n) is 10.8. The third kappa shape index (κ3) is 3.10. The first-order chi connectivity index (χ1) is 9.11. The van der Waals surface area contributed by atoms with Crippen molar-refractivity contribution in [1.29, 1.82) is 0 Å². The predicted octanol–water partition coefficient (Wildman–Crippen LogP) is 0.545. The van der Waals surface area contributed by atoms with Crippen LogP contribution in [-0.4, -0.2) is 50.8 Å². The molecule has 102 valence electrons. The maximum absolute atomic E-state index is 10.7. The van der Waals surface area contributed by atoms with E-state index in [-0.39, 0.29) is 13.2 Å². The number of hydrogen-bond acceptors (Lipinski definition) is 4. The van der Waals surface area contributed by atoms with E-state index in [4.69, 9.17) is 10.2 Å². The van der Waals surface area contributed by atoms with Gasteiger partial charge in [-0.3, -0.25) is 9.69 Å². The molecule has 6 heteroatoms. The fourth-order valence-corrected chi connectivity index (χ4v) is 2.12. The molecule has 1 aromatic carbocycles. The molecule has 2 N–H and O–H groups in total. The minimum absolute atomic E-state index is 0.0238. The summed E-state index contributed by atoms with van der Waals surface area (Å²) >= 11 is 0. The van der Waals surface area contributed by atoms with Crippen LogP contribution >= 0.6 is 0 Å². The summed E-state index contributed by atoms with van der Waals surface area (Å²) in [6.07, 6.45) is 0. The number of aliphatic hydroxyl groups excluding tert-OH is 1. The van der Waals surface area contributed by atoms with E-state index >= 15 is 0 Å². The van der Waals surface area contributed by atoms with Gasteiger partial charge in [-0.25, -0.2) is 4.98 Å². The van der Waals surface area contributed by atoms with E-state index in [0.717, 1.165) is 16.9 Å². The van der Waals surface area contributed by atoms with Crippen molar-refractivity contribution in [2.75, 3.05) is 20.2 Å². The number of carboxylic acid groups (broad SMARTS) is 1. The second kappa shape index (κ2) is 5.81.